The summed E-state index contributed by atoms with van der Waals surface area (Å²) in [6.45, 7) is 5.60. The van der Waals surface area contributed by atoms with Crippen LogP contribution < -0.4 is 15.0 Å². The van der Waals surface area contributed by atoms with Gasteiger partial charge in [-0.2, -0.15) is 10.1 Å². The van der Waals surface area contributed by atoms with E-state index in [1.165, 1.54) is 0 Å². The maximum atomic E-state index is 5.59. The van der Waals surface area contributed by atoms with Crippen LogP contribution in [0.15, 0.2) is 30.5 Å². The van der Waals surface area contributed by atoms with E-state index in [2.05, 4.69) is 25.4 Å². The minimum Gasteiger partial charge on any atom is -0.492 e. The van der Waals surface area contributed by atoms with Crippen LogP contribution in [0, 0.1) is 0 Å². The molecule has 116 valence electrons. The highest BCUT2D eigenvalue weighted by atomic mass is 16.5. The van der Waals surface area contributed by atoms with Gasteiger partial charge in [-0.1, -0.05) is 12.1 Å². The molecule has 7 heteroatoms. The van der Waals surface area contributed by atoms with Crippen LogP contribution in [-0.4, -0.2) is 48.1 Å². The fourth-order valence-electron chi connectivity index (χ4n) is 2.26. The summed E-state index contributed by atoms with van der Waals surface area (Å²) < 4.78 is 10.9. The van der Waals surface area contributed by atoms with Crippen molar-refractivity contribution in [3.63, 3.8) is 0 Å². The van der Waals surface area contributed by atoms with Crippen molar-refractivity contribution in [2.75, 3.05) is 43.1 Å². The van der Waals surface area contributed by atoms with Gasteiger partial charge in [0.05, 0.1) is 31.7 Å². The van der Waals surface area contributed by atoms with E-state index in [0.717, 1.165) is 30.3 Å². The normalized spacial score (nSPS) is 14.7. The molecule has 22 heavy (non-hydrogen) atoms. The maximum absolute atomic E-state index is 5.59. The second-order valence-corrected chi connectivity index (χ2v) is 4.79. The van der Waals surface area contributed by atoms with Crippen molar-refractivity contribution in [1.29, 1.82) is 0 Å². The topological polar surface area (TPSA) is 72.4 Å². The van der Waals surface area contributed by atoms with Crippen molar-refractivity contribution >= 4 is 17.5 Å². The summed E-state index contributed by atoms with van der Waals surface area (Å²) in [5, 5.41) is 11.2. The van der Waals surface area contributed by atoms with Crippen LogP contribution >= 0.6 is 0 Å². The Labute approximate surface area is 129 Å². The molecule has 0 unspecified atom stereocenters. The Kier molecular flexibility index (Phi) is 4.65. The molecule has 1 aromatic heterocycles. The van der Waals surface area contributed by atoms with E-state index in [9.17, 15) is 0 Å². The lowest BCUT2D eigenvalue weighted by atomic mass is 10.3. The molecule has 0 amide bonds. The van der Waals surface area contributed by atoms with Crippen molar-refractivity contribution in [1.82, 2.24) is 15.2 Å². The number of hydrogen-bond donors (Lipinski definition) is 1. The largest absolute Gasteiger partial charge is 0.492 e. The van der Waals surface area contributed by atoms with Gasteiger partial charge in [-0.05, 0) is 19.1 Å². The summed E-state index contributed by atoms with van der Waals surface area (Å²) in [4.78, 5) is 6.66. The van der Waals surface area contributed by atoms with Crippen LogP contribution in [0.25, 0.3) is 0 Å². The number of morpholine rings is 1. The minimum absolute atomic E-state index is 0.455. The number of nitrogens with one attached hydrogen (secondary N) is 1. The fourth-order valence-corrected chi connectivity index (χ4v) is 2.26. The number of ether oxygens (including phenoxy) is 2. The zero-order chi connectivity index (χ0) is 15.2. The van der Waals surface area contributed by atoms with Gasteiger partial charge in [-0.25, -0.2) is 0 Å². The Morgan fingerprint density at radius 3 is 2.91 bits per heavy atom. The monoisotopic (exact) mass is 301 g/mol. The third-order valence-electron chi connectivity index (χ3n) is 3.31. The molecule has 3 rings (SSSR count). The molecule has 0 aliphatic carbocycles. The first kappa shape index (κ1) is 14.5. The molecule has 1 aliphatic rings. The van der Waals surface area contributed by atoms with Gasteiger partial charge in [-0.15, -0.1) is 5.10 Å². The molecule has 2 aromatic rings. The molecule has 0 radical (unpaired) electrons. The Morgan fingerprint density at radius 1 is 1.27 bits per heavy atom. The molecular weight excluding hydrogens is 282 g/mol. The van der Waals surface area contributed by atoms with Crippen LogP contribution in [0.3, 0.4) is 0 Å². The summed E-state index contributed by atoms with van der Waals surface area (Å²) >= 11 is 0. The average Bonchev–Trinajstić information content (AvgIpc) is 2.58. The third-order valence-corrected chi connectivity index (χ3v) is 3.31. The molecule has 2 heterocycles. The first-order valence-corrected chi connectivity index (χ1v) is 7.38. The van der Waals surface area contributed by atoms with E-state index < -0.39 is 0 Å². The molecule has 0 spiro atoms. The van der Waals surface area contributed by atoms with Crippen LogP contribution in [0.5, 0.6) is 5.75 Å². The second kappa shape index (κ2) is 7.04. The van der Waals surface area contributed by atoms with Crippen LogP contribution in [0.4, 0.5) is 17.5 Å². The van der Waals surface area contributed by atoms with Gasteiger partial charge in [0, 0.05) is 13.1 Å². The number of hydrogen-bond acceptors (Lipinski definition) is 7. The standard InChI is InChI=1S/C15H19N5O2/c1-2-22-13-6-4-3-5-12(13)17-15-18-14(11-16-19-15)20-7-9-21-10-8-20/h3-6,11H,2,7-10H2,1H3,(H,17,18,19). The van der Waals surface area contributed by atoms with Crippen molar-refractivity contribution in [2.24, 2.45) is 0 Å². The fraction of sp³-hybridized carbons (Fsp3) is 0.400. The van der Waals surface area contributed by atoms with Gasteiger partial charge in [0.2, 0.25) is 5.95 Å². The van der Waals surface area contributed by atoms with E-state index in [4.69, 9.17) is 9.47 Å². The molecule has 0 atom stereocenters. The Balaban J connectivity index is 1.78. The first-order chi connectivity index (χ1) is 10.9. The van der Waals surface area contributed by atoms with Gasteiger partial charge in [0.25, 0.3) is 0 Å². The van der Waals surface area contributed by atoms with Crippen molar-refractivity contribution in [3.8, 4) is 5.75 Å². The highest BCUT2D eigenvalue weighted by molar-refractivity contribution is 5.62. The summed E-state index contributed by atoms with van der Waals surface area (Å²) in [5.41, 5.74) is 0.824. The number of benzene rings is 1. The maximum Gasteiger partial charge on any atom is 0.249 e. The minimum atomic E-state index is 0.455. The van der Waals surface area contributed by atoms with E-state index in [0.29, 0.717) is 25.8 Å². The van der Waals surface area contributed by atoms with E-state index in [1.54, 1.807) is 6.20 Å². The molecule has 7 nitrogen and oxygen atoms in total. The molecule has 0 saturated carbocycles. The van der Waals surface area contributed by atoms with E-state index in [1.807, 2.05) is 31.2 Å². The molecule has 0 bridgehead atoms. The predicted molar refractivity (Wildman–Crippen MR) is 83.8 cm³/mol. The molecule has 1 saturated heterocycles. The SMILES string of the molecule is CCOc1ccccc1Nc1nncc(N2CCOCC2)n1. The Hall–Kier alpha value is -2.41. The van der Waals surface area contributed by atoms with Gasteiger partial charge >= 0.3 is 0 Å². The lowest BCUT2D eigenvalue weighted by Gasteiger charge is -2.27. The third kappa shape index (κ3) is 3.43. The summed E-state index contributed by atoms with van der Waals surface area (Å²) in [6, 6.07) is 7.70. The van der Waals surface area contributed by atoms with Crippen molar-refractivity contribution in [3.05, 3.63) is 30.5 Å². The molecule has 1 N–H and O–H groups in total. The van der Waals surface area contributed by atoms with Crippen LogP contribution in [0.1, 0.15) is 6.92 Å². The molecular formula is C15H19N5O2. The zero-order valence-electron chi connectivity index (χ0n) is 12.5. The highest BCUT2D eigenvalue weighted by Gasteiger charge is 2.14. The van der Waals surface area contributed by atoms with Crippen molar-refractivity contribution < 1.29 is 9.47 Å². The molecule has 1 fully saturated rings. The summed E-state index contributed by atoms with van der Waals surface area (Å²) in [6.07, 6.45) is 1.67. The molecule has 1 aliphatic heterocycles. The molecule has 1 aromatic carbocycles. The van der Waals surface area contributed by atoms with Gasteiger partial charge < -0.3 is 19.7 Å². The van der Waals surface area contributed by atoms with E-state index >= 15 is 0 Å². The Morgan fingerprint density at radius 2 is 2.09 bits per heavy atom. The van der Waals surface area contributed by atoms with Crippen LogP contribution in [0.2, 0.25) is 0 Å². The first-order valence-electron chi connectivity index (χ1n) is 7.38. The second-order valence-electron chi connectivity index (χ2n) is 4.79. The number of nitrogens with zero attached hydrogens (tertiary/aromatic N) is 4. The zero-order valence-corrected chi connectivity index (χ0v) is 12.5. The van der Waals surface area contributed by atoms with Crippen LogP contribution in [-0.2, 0) is 4.74 Å². The predicted octanol–water partition coefficient (Wildman–Crippen LogP) is 1.85. The number of aromatic nitrogens is 3. The van der Waals surface area contributed by atoms with Gasteiger partial charge in [0.15, 0.2) is 5.82 Å². The Bertz CT molecular complexity index is 616. The highest BCUT2D eigenvalue weighted by Crippen LogP contribution is 2.26. The average molecular weight is 301 g/mol. The summed E-state index contributed by atoms with van der Waals surface area (Å²) in [5.74, 6) is 2.02. The van der Waals surface area contributed by atoms with Gasteiger partial charge in [-0.3, -0.25) is 0 Å². The smallest absolute Gasteiger partial charge is 0.249 e. The quantitative estimate of drug-likeness (QED) is 0.903. The lowest BCUT2D eigenvalue weighted by Crippen LogP contribution is -2.37. The lowest BCUT2D eigenvalue weighted by molar-refractivity contribution is 0.122. The summed E-state index contributed by atoms with van der Waals surface area (Å²) in [7, 11) is 0. The number of anilines is 3. The number of rotatable bonds is 5. The van der Waals surface area contributed by atoms with E-state index in [-0.39, 0.29) is 0 Å². The van der Waals surface area contributed by atoms with Crippen molar-refractivity contribution in [2.45, 2.75) is 6.92 Å². The van der Waals surface area contributed by atoms with Gasteiger partial charge in [0.1, 0.15) is 5.75 Å². The number of para-hydroxylation sites is 2.